The standard InChI is InChI=1S/C3H6NO2P/c1-7(5,6)3-2-4/h3H2,1H3,(H,5,6). The van der Waals surface area contributed by atoms with Crippen molar-refractivity contribution in [2.45, 2.75) is 0 Å². The Morgan fingerprint density at radius 3 is 2.43 bits per heavy atom. The van der Waals surface area contributed by atoms with Crippen molar-refractivity contribution >= 4 is 7.37 Å². The molecular formula is C3H6NO2P. The van der Waals surface area contributed by atoms with Gasteiger partial charge in [0.25, 0.3) is 0 Å². The fraction of sp³-hybridized carbons (Fsp3) is 0.667. The lowest BCUT2D eigenvalue weighted by molar-refractivity contribution is 0.489. The highest BCUT2D eigenvalue weighted by molar-refractivity contribution is 7.57. The summed E-state index contributed by atoms with van der Waals surface area (Å²) in [6.07, 6.45) is -0.243. The number of rotatable bonds is 1. The van der Waals surface area contributed by atoms with Crippen LogP contribution in [0, 0.1) is 11.3 Å². The van der Waals surface area contributed by atoms with Crippen LogP contribution < -0.4 is 0 Å². The van der Waals surface area contributed by atoms with E-state index in [1.165, 1.54) is 0 Å². The van der Waals surface area contributed by atoms with E-state index in [-0.39, 0.29) is 6.16 Å². The minimum Gasteiger partial charge on any atom is -0.344 e. The van der Waals surface area contributed by atoms with E-state index in [2.05, 4.69) is 0 Å². The summed E-state index contributed by atoms with van der Waals surface area (Å²) in [5.41, 5.74) is 0. The third kappa shape index (κ3) is 5.68. The van der Waals surface area contributed by atoms with E-state index < -0.39 is 7.37 Å². The van der Waals surface area contributed by atoms with Gasteiger partial charge in [-0.2, -0.15) is 5.26 Å². The second kappa shape index (κ2) is 2.11. The highest BCUT2D eigenvalue weighted by Gasteiger charge is 2.05. The van der Waals surface area contributed by atoms with E-state index in [1.807, 2.05) is 0 Å². The van der Waals surface area contributed by atoms with Crippen LogP contribution in [0.15, 0.2) is 0 Å². The number of hydrogen-bond donors (Lipinski definition) is 1. The summed E-state index contributed by atoms with van der Waals surface area (Å²) in [7, 11) is -3.03. The second-order valence-electron chi connectivity index (χ2n) is 1.37. The highest BCUT2D eigenvalue weighted by Crippen LogP contribution is 2.33. The molecule has 4 heteroatoms. The zero-order valence-electron chi connectivity index (χ0n) is 3.96. The van der Waals surface area contributed by atoms with Gasteiger partial charge in [0, 0.05) is 6.66 Å². The monoisotopic (exact) mass is 119 g/mol. The molecule has 0 fully saturated rings. The van der Waals surface area contributed by atoms with E-state index >= 15 is 0 Å². The molecule has 1 N–H and O–H groups in total. The Labute approximate surface area is 42.0 Å². The normalized spacial score (nSPS) is 17.3. The lowest BCUT2D eigenvalue weighted by Gasteiger charge is -1.92. The maximum Gasteiger partial charge on any atom is 0.211 e. The summed E-state index contributed by atoms with van der Waals surface area (Å²) in [6, 6.07) is 1.59. The van der Waals surface area contributed by atoms with E-state index in [1.54, 1.807) is 6.07 Å². The van der Waals surface area contributed by atoms with Crippen LogP contribution in [0.3, 0.4) is 0 Å². The van der Waals surface area contributed by atoms with Gasteiger partial charge >= 0.3 is 0 Å². The van der Waals surface area contributed by atoms with E-state index in [0.717, 1.165) is 6.66 Å². The van der Waals surface area contributed by atoms with E-state index in [9.17, 15) is 4.57 Å². The Hall–Kier alpha value is -0.320. The minimum atomic E-state index is -3.03. The molecule has 0 aromatic heterocycles. The predicted molar refractivity (Wildman–Crippen MR) is 26.2 cm³/mol. The molecule has 0 aliphatic carbocycles. The SMILES string of the molecule is CP(=O)(O)CC#N. The lowest BCUT2D eigenvalue weighted by Crippen LogP contribution is -1.78. The van der Waals surface area contributed by atoms with Crippen molar-refractivity contribution in [1.29, 1.82) is 5.26 Å². The van der Waals surface area contributed by atoms with Crippen molar-refractivity contribution < 1.29 is 9.46 Å². The summed E-state index contributed by atoms with van der Waals surface area (Å²) in [5.74, 6) is 0. The molecule has 0 aliphatic heterocycles. The van der Waals surface area contributed by atoms with Gasteiger partial charge in [0.15, 0.2) is 0 Å². The van der Waals surface area contributed by atoms with Gasteiger partial charge < -0.3 is 4.89 Å². The molecule has 7 heavy (non-hydrogen) atoms. The Kier molecular flexibility index (Phi) is 2.01. The van der Waals surface area contributed by atoms with Crippen molar-refractivity contribution in [3.63, 3.8) is 0 Å². The predicted octanol–water partition coefficient (Wildman–Crippen LogP) is 0.410. The molecule has 0 rings (SSSR count). The molecule has 0 spiro atoms. The number of nitriles is 1. The summed E-state index contributed by atoms with van der Waals surface area (Å²) in [6.45, 7) is 1.16. The molecule has 0 aromatic carbocycles. The highest BCUT2D eigenvalue weighted by atomic mass is 31.2. The molecule has 3 nitrogen and oxygen atoms in total. The van der Waals surface area contributed by atoms with Crippen LogP contribution in [-0.4, -0.2) is 17.7 Å². The third-order valence-corrected chi connectivity index (χ3v) is 1.09. The first-order valence-electron chi connectivity index (χ1n) is 1.72. The Morgan fingerprint density at radius 2 is 2.43 bits per heavy atom. The van der Waals surface area contributed by atoms with Crippen LogP contribution in [-0.2, 0) is 4.57 Å². The fourth-order valence-corrected chi connectivity index (χ4v) is 0.394. The molecule has 0 radical (unpaired) electrons. The average molecular weight is 119 g/mol. The van der Waals surface area contributed by atoms with E-state index in [0.29, 0.717) is 0 Å². The fourth-order valence-electron chi connectivity index (χ4n) is 0.131. The van der Waals surface area contributed by atoms with Gasteiger partial charge in [-0.15, -0.1) is 0 Å². The molecular weight excluding hydrogens is 113 g/mol. The van der Waals surface area contributed by atoms with E-state index in [4.69, 9.17) is 10.2 Å². The van der Waals surface area contributed by atoms with Gasteiger partial charge in [-0.05, 0) is 0 Å². The zero-order chi connectivity index (χ0) is 5.91. The Balaban J connectivity index is 3.65. The molecule has 0 aromatic rings. The number of nitrogens with zero attached hydrogens (tertiary/aromatic N) is 1. The first-order chi connectivity index (χ1) is 3.06. The smallest absolute Gasteiger partial charge is 0.211 e. The Morgan fingerprint density at radius 1 is 2.00 bits per heavy atom. The van der Waals surface area contributed by atoms with Gasteiger partial charge in [0.05, 0.1) is 6.07 Å². The van der Waals surface area contributed by atoms with Crippen LogP contribution >= 0.6 is 7.37 Å². The van der Waals surface area contributed by atoms with Gasteiger partial charge in [0.2, 0.25) is 7.37 Å². The Bertz CT molecular complexity index is 130. The molecule has 0 saturated heterocycles. The first kappa shape index (κ1) is 6.68. The molecule has 1 unspecified atom stereocenters. The molecule has 0 amide bonds. The summed E-state index contributed by atoms with van der Waals surface area (Å²) >= 11 is 0. The van der Waals surface area contributed by atoms with Crippen molar-refractivity contribution in [3.8, 4) is 6.07 Å². The molecule has 0 aliphatic rings. The van der Waals surface area contributed by atoms with Crippen molar-refractivity contribution in [3.05, 3.63) is 0 Å². The first-order valence-corrected chi connectivity index (χ1v) is 4.02. The van der Waals surface area contributed by atoms with Crippen LogP contribution in [0.25, 0.3) is 0 Å². The van der Waals surface area contributed by atoms with Gasteiger partial charge in [-0.1, -0.05) is 0 Å². The van der Waals surface area contributed by atoms with Gasteiger partial charge in [-0.25, -0.2) is 0 Å². The second-order valence-corrected chi connectivity index (χ2v) is 3.79. The molecule has 40 valence electrons. The molecule has 1 atom stereocenters. The van der Waals surface area contributed by atoms with Gasteiger partial charge in [-0.3, -0.25) is 4.57 Å². The van der Waals surface area contributed by atoms with Crippen LogP contribution in [0.5, 0.6) is 0 Å². The van der Waals surface area contributed by atoms with Crippen molar-refractivity contribution in [2.24, 2.45) is 0 Å². The van der Waals surface area contributed by atoms with Crippen LogP contribution in [0.2, 0.25) is 0 Å². The molecule has 0 saturated carbocycles. The minimum absolute atomic E-state index is 0.243. The summed E-state index contributed by atoms with van der Waals surface area (Å²) < 4.78 is 10.1. The quantitative estimate of drug-likeness (QED) is 0.508. The summed E-state index contributed by atoms with van der Waals surface area (Å²) in [5, 5.41) is 7.82. The topological polar surface area (TPSA) is 61.1 Å². The van der Waals surface area contributed by atoms with Crippen LogP contribution in [0.1, 0.15) is 0 Å². The average Bonchev–Trinajstić information content (AvgIpc) is 1.30. The number of hydrogen-bond acceptors (Lipinski definition) is 2. The zero-order valence-corrected chi connectivity index (χ0v) is 4.85. The maximum atomic E-state index is 10.1. The largest absolute Gasteiger partial charge is 0.344 e. The molecule has 0 heterocycles. The molecule has 0 bridgehead atoms. The van der Waals surface area contributed by atoms with Gasteiger partial charge in [0.1, 0.15) is 6.16 Å². The third-order valence-electron chi connectivity index (χ3n) is 0.364. The van der Waals surface area contributed by atoms with Crippen LogP contribution in [0.4, 0.5) is 0 Å². The maximum absolute atomic E-state index is 10.1. The lowest BCUT2D eigenvalue weighted by atomic mass is 10.9. The van der Waals surface area contributed by atoms with Crippen molar-refractivity contribution in [2.75, 3.05) is 12.8 Å². The summed E-state index contributed by atoms with van der Waals surface area (Å²) in [4.78, 5) is 8.35. The van der Waals surface area contributed by atoms with Crippen molar-refractivity contribution in [1.82, 2.24) is 0 Å².